The molecule has 0 aliphatic heterocycles. The molecule has 0 aliphatic rings. The van der Waals surface area contributed by atoms with E-state index >= 15 is 0 Å². The summed E-state index contributed by atoms with van der Waals surface area (Å²) >= 11 is 0. The Hall–Kier alpha value is -3.01. The highest BCUT2D eigenvalue weighted by Crippen LogP contribution is 2.35. The first kappa shape index (κ1) is 17.3. The normalized spacial score (nSPS) is 10.3. The molecule has 0 aliphatic carbocycles. The first-order chi connectivity index (χ1) is 11.7. The number of hydrogen-bond donors (Lipinski definition) is 0. The predicted octanol–water partition coefficient (Wildman–Crippen LogP) is 3.86. The lowest BCUT2D eigenvalue weighted by Crippen LogP contribution is -1.97. The van der Waals surface area contributed by atoms with Crippen LogP contribution in [-0.2, 0) is 9.53 Å². The largest absolute Gasteiger partial charge is 0.496 e. The predicted molar refractivity (Wildman–Crippen MR) is 94.2 cm³/mol. The van der Waals surface area contributed by atoms with Crippen LogP contribution in [0.1, 0.15) is 11.1 Å². The minimum atomic E-state index is -0.411. The van der Waals surface area contributed by atoms with Crippen LogP contribution in [0.4, 0.5) is 0 Å². The summed E-state index contributed by atoms with van der Waals surface area (Å²) in [6.45, 7) is 0. The number of para-hydroxylation sites is 2. The first-order valence-corrected chi connectivity index (χ1v) is 7.44. The van der Waals surface area contributed by atoms with Crippen LogP contribution >= 0.6 is 0 Å². The SMILES string of the molecule is COC(=O)C=CC=C(c1ccccc1OC)c1ccccc1OC. The Labute approximate surface area is 142 Å². The van der Waals surface area contributed by atoms with Gasteiger partial charge in [-0.3, -0.25) is 0 Å². The molecular formula is C20H20O4. The number of carbonyl (C=O) groups excluding carboxylic acids is 1. The maximum Gasteiger partial charge on any atom is 0.330 e. The van der Waals surface area contributed by atoms with Crippen LogP contribution in [-0.4, -0.2) is 27.3 Å². The van der Waals surface area contributed by atoms with Gasteiger partial charge in [0, 0.05) is 17.2 Å². The van der Waals surface area contributed by atoms with Crippen molar-refractivity contribution >= 4 is 11.5 Å². The maximum atomic E-state index is 11.3. The quantitative estimate of drug-likeness (QED) is 0.460. The number of methoxy groups -OCH3 is 3. The van der Waals surface area contributed by atoms with E-state index in [-0.39, 0.29) is 0 Å². The van der Waals surface area contributed by atoms with Crippen molar-refractivity contribution in [2.24, 2.45) is 0 Å². The van der Waals surface area contributed by atoms with Crippen molar-refractivity contribution < 1.29 is 19.0 Å². The van der Waals surface area contributed by atoms with Gasteiger partial charge in [0.15, 0.2) is 0 Å². The molecule has 0 fully saturated rings. The van der Waals surface area contributed by atoms with Gasteiger partial charge in [0.05, 0.1) is 21.3 Å². The van der Waals surface area contributed by atoms with Gasteiger partial charge in [-0.1, -0.05) is 48.6 Å². The van der Waals surface area contributed by atoms with E-state index in [1.165, 1.54) is 13.2 Å². The average molecular weight is 324 g/mol. The van der Waals surface area contributed by atoms with E-state index in [4.69, 9.17) is 9.47 Å². The van der Waals surface area contributed by atoms with Gasteiger partial charge in [-0.15, -0.1) is 0 Å². The molecule has 2 aromatic rings. The van der Waals surface area contributed by atoms with E-state index in [0.717, 1.165) is 28.2 Å². The molecule has 4 heteroatoms. The lowest BCUT2D eigenvalue weighted by molar-refractivity contribution is -0.134. The second kappa shape index (κ2) is 8.58. The number of benzene rings is 2. The second-order valence-electron chi connectivity index (χ2n) is 4.86. The number of ether oxygens (including phenoxy) is 3. The van der Waals surface area contributed by atoms with Gasteiger partial charge in [-0.2, -0.15) is 0 Å². The van der Waals surface area contributed by atoms with E-state index < -0.39 is 5.97 Å². The monoisotopic (exact) mass is 324 g/mol. The zero-order chi connectivity index (χ0) is 17.4. The van der Waals surface area contributed by atoms with Crippen LogP contribution in [0.2, 0.25) is 0 Å². The van der Waals surface area contributed by atoms with Crippen LogP contribution in [0.3, 0.4) is 0 Å². The highest BCUT2D eigenvalue weighted by Gasteiger charge is 2.13. The number of carbonyl (C=O) groups is 1. The summed E-state index contributed by atoms with van der Waals surface area (Å²) < 4.78 is 15.6. The Morgan fingerprint density at radius 1 is 0.833 bits per heavy atom. The van der Waals surface area contributed by atoms with Crippen LogP contribution in [0.5, 0.6) is 11.5 Å². The molecule has 0 N–H and O–H groups in total. The molecule has 0 saturated carbocycles. The van der Waals surface area contributed by atoms with Gasteiger partial charge >= 0.3 is 5.97 Å². The number of esters is 1. The Balaban J connectivity index is 2.59. The minimum Gasteiger partial charge on any atom is -0.496 e. The molecule has 24 heavy (non-hydrogen) atoms. The molecule has 0 unspecified atom stereocenters. The fraction of sp³-hybridized carbons (Fsp3) is 0.150. The molecule has 0 amide bonds. The molecule has 4 nitrogen and oxygen atoms in total. The summed E-state index contributed by atoms with van der Waals surface area (Å²) in [7, 11) is 4.60. The smallest absolute Gasteiger partial charge is 0.330 e. The van der Waals surface area contributed by atoms with Gasteiger partial charge in [-0.25, -0.2) is 4.79 Å². The summed E-state index contributed by atoms with van der Waals surface area (Å²) in [5.74, 6) is 1.06. The van der Waals surface area contributed by atoms with E-state index in [9.17, 15) is 4.79 Å². The fourth-order valence-corrected chi connectivity index (χ4v) is 2.35. The molecule has 0 bridgehead atoms. The molecule has 0 aromatic heterocycles. The molecule has 0 saturated heterocycles. The summed E-state index contributed by atoms with van der Waals surface area (Å²) in [4.78, 5) is 11.3. The van der Waals surface area contributed by atoms with Gasteiger partial charge in [-0.05, 0) is 17.7 Å². The van der Waals surface area contributed by atoms with Crippen LogP contribution in [0.25, 0.3) is 5.57 Å². The van der Waals surface area contributed by atoms with Crippen LogP contribution in [0.15, 0.2) is 66.8 Å². The highest BCUT2D eigenvalue weighted by atomic mass is 16.5. The lowest BCUT2D eigenvalue weighted by Gasteiger charge is -2.15. The molecule has 0 radical (unpaired) electrons. The maximum absolute atomic E-state index is 11.3. The lowest BCUT2D eigenvalue weighted by atomic mass is 9.95. The third kappa shape index (κ3) is 4.04. The molecule has 0 atom stereocenters. The number of rotatable bonds is 6. The standard InChI is InChI=1S/C20H20O4/c1-22-18-12-6-4-9-16(18)15(11-8-14-20(21)24-3)17-10-5-7-13-19(17)23-2/h4-14H,1-3H3. The van der Waals surface area contributed by atoms with Crippen molar-refractivity contribution in [3.05, 3.63) is 77.9 Å². The van der Waals surface area contributed by atoms with Gasteiger partial charge in [0.1, 0.15) is 11.5 Å². The zero-order valence-electron chi connectivity index (χ0n) is 14.0. The molecular weight excluding hydrogens is 304 g/mol. The van der Waals surface area contributed by atoms with Gasteiger partial charge < -0.3 is 14.2 Å². The first-order valence-electron chi connectivity index (χ1n) is 7.44. The van der Waals surface area contributed by atoms with Crippen molar-refractivity contribution in [3.8, 4) is 11.5 Å². The summed E-state index contributed by atoms with van der Waals surface area (Å²) in [6, 6.07) is 15.4. The van der Waals surface area contributed by atoms with E-state index in [2.05, 4.69) is 4.74 Å². The van der Waals surface area contributed by atoms with Crippen LogP contribution in [0, 0.1) is 0 Å². The van der Waals surface area contributed by atoms with Crippen molar-refractivity contribution in [1.29, 1.82) is 0 Å². The third-order valence-corrected chi connectivity index (χ3v) is 3.49. The molecule has 2 rings (SSSR count). The van der Waals surface area contributed by atoms with E-state index in [0.29, 0.717) is 0 Å². The Morgan fingerprint density at radius 3 is 1.79 bits per heavy atom. The van der Waals surface area contributed by atoms with Crippen molar-refractivity contribution in [2.75, 3.05) is 21.3 Å². The number of allylic oxidation sites excluding steroid dienone is 2. The van der Waals surface area contributed by atoms with E-state index in [1.807, 2.05) is 54.6 Å². The minimum absolute atomic E-state index is 0.411. The molecule has 0 heterocycles. The Bertz CT molecular complexity index is 710. The molecule has 0 spiro atoms. The van der Waals surface area contributed by atoms with Crippen molar-refractivity contribution in [2.45, 2.75) is 0 Å². The summed E-state index contributed by atoms with van der Waals surface area (Å²) in [5.41, 5.74) is 2.68. The van der Waals surface area contributed by atoms with Gasteiger partial charge in [0.25, 0.3) is 0 Å². The molecule has 2 aromatic carbocycles. The van der Waals surface area contributed by atoms with E-state index in [1.54, 1.807) is 20.3 Å². The Kier molecular flexibility index (Phi) is 6.20. The fourth-order valence-electron chi connectivity index (χ4n) is 2.35. The topological polar surface area (TPSA) is 44.8 Å². The van der Waals surface area contributed by atoms with Crippen LogP contribution < -0.4 is 9.47 Å². The highest BCUT2D eigenvalue weighted by molar-refractivity contribution is 5.88. The third-order valence-electron chi connectivity index (χ3n) is 3.49. The Morgan fingerprint density at radius 2 is 1.33 bits per heavy atom. The summed E-state index contributed by atoms with van der Waals surface area (Å²) in [6.07, 6.45) is 4.86. The second-order valence-corrected chi connectivity index (χ2v) is 4.86. The average Bonchev–Trinajstić information content (AvgIpc) is 2.65. The van der Waals surface area contributed by atoms with Crippen molar-refractivity contribution in [3.63, 3.8) is 0 Å². The van der Waals surface area contributed by atoms with Crippen molar-refractivity contribution in [1.82, 2.24) is 0 Å². The number of hydrogen-bond acceptors (Lipinski definition) is 4. The molecule has 124 valence electrons. The summed E-state index contributed by atoms with van der Waals surface area (Å²) in [5, 5.41) is 0. The van der Waals surface area contributed by atoms with Gasteiger partial charge in [0.2, 0.25) is 0 Å². The zero-order valence-corrected chi connectivity index (χ0v) is 14.0.